The number of hydrogen-bond acceptors (Lipinski definition) is 9. The number of imide groups is 1. The summed E-state index contributed by atoms with van der Waals surface area (Å²) in [6.07, 6.45) is 1.09. The zero-order chi connectivity index (χ0) is 24.9. The summed E-state index contributed by atoms with van der Waals surface area (Å²) in [6, 6.07) is 12.1. The number of carbonyl (C=O) groups excluding carboxylic acids is 3. The van der Waals surface area contributed by atoms with Gasteiger partial charge in [-0.2, -0.15) is 8.42 Å². The number of hydrogen-bond donors (Lipinski definition) is 0. The highest BCUT2D eigenvalue weighted by molar-refractivity contribution is 8.18. The van der Waals surface area contributed by atoms with Gasteiger partial charge in [0.05, 0.1) is 17.6 Å². The lowest BCUT2D eigenvalue weighted by atomic mass is 10.2. The Kier molecular flexibility index (Phi) is 8.00. The molecule has 2 amide bonds. The fourth-order valence-electron chi connectivity index (χ4n) is 2.92. The predicted octanol–water partition coefficient (Wildman–Crippen LogP) is 3.84. The molecule has 0 bridgehead atoms. The van der Waals surface area contributed by atoms with Crippen LogP contribution in [0.1, 0.15) is 26.3 Å². The second-order valence-electron chi connectivity index (χ2n) is 7.30. The lowest BCUT2D eigenvalue weighted by Crippen LogP contribution is -2.35. The first-order chi connectivity index (χ1) is 16.1. The van der Waals surface area contributed by atoms with Crippen LogP contribution in [-0.4, -0.2) is 49.7 Å². The second-order valence-corrected chi connectivity index (χ2v) is 9.84. The Morgan fingerprint density at radius 1 is 1.09 bits per heavy atom. The van der Waals surface area contributed by atoms with E-state index in [1.165, 1.54) is 36.4 Å². The fourth-order valence-corrected chi connectivity index (χ4v) is 4.72. The quantitative estimate of drug-likeness (QED) is 0.285. The maximum atomic E-state index is 12.6. The van der Waals surface area contributed by atoms with E-state index in [0.717, 1.165) is 4.90 Å². The van der Waals surface area contributed by atoms with E-state index in [9.17, 15) is 22.8 Å². The van der Waals surface area contributed by atoms with E-state index in [-0.39, 0.29) is 34.0 Å². The number of nitrogens with zero attached hydrogens (tertiary/aromatic N) is 1. The van der Waals surface area contributed by atoms with Crippen LogP contribution in [0, 0.1) is 0 Å². The van der Waals surface area contributed by atoms with Crippen LogP contribution in [0.3, 0.4) is 0 Å². The van der Waals surface area contributed by atoms with Crippen LogP contribution in [-0.2, 0) is 24.4 Å². The summed E-state index contributed by atoms with van der Waals surface area (Å²) in [5.41, 5.74) is 0.475. The van der Waals surface area contributed by atoms with E-state index in [2.05, 4.69) is 0 Å². The number of benzene rings is 2. The van der Waals surface area contributed by atoms with Crippen molar-refractivity contribution in [1.29, 1.82) is 0 Å². The third-order valence-electron chi connectivity index (χ3n) is 4.32. The molecule has 0 spiro atoms. The number of esters is 1. The Labute approximate surface area is 201 Å². The van der Waals surface area contributed by atoms with Gasteiger partial charge in [0.25, 0.3) is 11.1 Å². The SMILES string of the molecule is CCOc1cc(/C=C2\SC(=O)N(CC(=O)OC(C)C)C2=O)ccc1OS(=O)(=O)c1ccccc1. The summed E-state index contributed by atoms with van der Waals surface area (Å²) in [7, 11) is -4.08. The fraction of sp³-hybridized carbons (Fsp3) is 0.261. The molecule has 34 heavy (non-hydrogen) atoms. The number of amides is 2. The highest BCUT2D eigenvalue weighted by Crippen LogP contribution is 2.35. The molecular formula is C23H23NO8S2. The van der Waals surface area contributed by atoms with Gasteiger partial charge in [-0.15, -0.1) is 0 Å². The van der Waals surface area contributed by atoms with Gasteiger partial charge in [0.1, 0.15) is 11.4 Å². The van der Waals surface area contributed by atoms with E-state index in [0.29, 0.717) is 17.3 Å². The van der Waals surface area contributed by atoms with Crippen LogP contribution >= 0.6 is 11.8 Å². The molecule has 1 heterocycles. The molecule has 2 aromatic rings. The molecule has 180 valence electrons. The van der Waals surface area contributed by atoms with Gasteiger partial charge in [-0.25, -0.2) is 0 Å². The van der Waals surface area contributed by atoms with E-state index < -0.39 is 33.8 Å². The van der Waals surface area contributed by atoms with Crippen molar-refractivity contribution in [2.45, 2.75) is 31.8 Å². The molecule has 0 unspecified atom stereocenters. The molecule has 1 saturated heterocycles. The zero-order valence-electron chi connectivity index (χ0n) is 18.7. The van der Waals surface area contributed by atoms with Gasteiger partial charge in [-0.05, 0) is 68.4 Å². The Morgan fingerprint density at radius 3 is 2.44 bits per heavy atom. The third-order valence-corrected chi connectivity index (χ3v) is 6.48. The minimum atomic E-state index is -4.08. The van der Waals surface area contributed by atoms with Crippen LogP contribution in [0.5, 0.6) is 11.5 Å². The van der Waals surface area contributed by atoms with E-state index in [1.54, 1.807) is 39.0 Å². The van der Waals surface area contributed by atoms with E-state index in [4.69, 9.17) is 13.7 Å². The predicted molar refractivity (Wildman–Crippen MR) is 126 cm³/mol. The van der Waals surface area contributed by atoms with Crippen LogP contribution in [0.2, 0.25) is 0 Å². The molecule has 0 aliphatic carbocycles. The summed E-state index contributed by atoms with van der Waals surface area (Å²) >= 11 is 0.691. The number of ether oxygens (including phenoxy) is 2. The lowest BCUT2D eigenvalue weighted by Gasteiger charge is -2.13. The summed E-state index contributed by atoms with van der Waals surface area (Å²) < 4.78 is 40.9. The van der Waals surface area contributed by atoms with Crippen molar-refractivity contribution >= 4 is 45.1 Å². The smallest absolute Gasteiger partial charge is 0.339 e. The van der Waals surface area contributed by atoms with E-state index in [1.807, 2.05) is 0 Å². The normalized spacial score (nSPS) is 15.2. The molecule has 1 aliphatic heterocycles. The molecule has 1 fully saturated rings. The maximum absolute atomic E-state index is 12.6. The van der Waals surface area contributed by atoms with Crippen molar-refractivity contribution in [3.63, 3.8) is 0 Å². The molecule has 1 aliphatic rings. The molecule has 0 N–H and O–H groups in total. The van der Waals surface area contributed by atoms with Crippen molar-refractivity contribution in [3.8, 4) is 11.5 Å². The number of thioether (sulfide) groups is 1. The van der Waals surface area contributed by atoms with Gasteiger partial charge >= 0.3 is 16.1 Å². The second kappa shape index (κ2) is 10.7. The molecule has 9 nitrogen and oxygen atoms in total. The van der Waals surface area contributed by atoms with Gasteiger partial charge in [0.2, 0.25) is 0 Å². The standard InChI is InChI=1S/C23H23NO8S2/c1-4-30-19-12-16(10-11-18(19)32-34(28,29)17-8-6-5-7-9-17)13-20-22(26)24(23(27)33-20)14-21(25)31-15(2)3/h5-13,15H,4,14H2,1-3H3/b20-13-. The topological polar surface area (TPSA) is 116 Å². The molecule has 0 radical (unpaired) electrons. The highest BCUT2D eigenvalue weighted by Gasteiger charge is 2.36. The lowest BCUT2D eigenvalue weighted by molar-refractivity contribution is -0.149. The largest absolute Gasteiger partial charge is 0.490 e. The summed E-state index contributed by atoms with van der Waals surface area (Å²) in [5.74, 6) is -1.18. The van der Waals surface area contributed by atoms with Crippen molar-refractivity contribution in [2.24, 2.45) is 0 Å². The molecule has 11 heteroatoms. The van der Waals surface area contributed by atoms with Crippen molar-refractivity contribution < 1.29 is 36.5 Å². The minimum Gasteiger partial charge on any atom is -0.490 e. The summed E-state index contributed by atoms with van der Waals surface area (Å²) in [4.78, 5) is 37.6. The third kappa shape index (κ3) is 6.17. The number of carbonyl (C=O) groups is 3. The number of rotatable bonds is 9. The Morgan fingerprint density at radius 2 is 1.79 bits per heavy atom. The first kappa shape index (κ1) is 25.3. The molecule has 2 aromatic carbocycles. The minimum absolute atomic E-state index is 0.00815. The highest BCUT2D eigenvalue weighted by atomic mass is 32.2. The Balaban J connectivity index is 1.83. The summed E-state index contributed by atoms with van der Waals surface area (Å²) in [6.45, 7) is 4.82. The van der Waals surface area contributed by atoms with Gasteiger partial charge in [0, 0.05) is 0 Å². The van der Waals surface area contributed by atoms with Gasteiger partial charge in [-0.3, -0.25) is 19.3 Å². The average molecular weight is 506 g/mol. The van der Waals surface area contributed by atoms with Crippen LogP contribution in [0.15, 0.2) is 58.3 Å². The van der Waals surface area contributed by atoms with Gasteiger partial charge in [0.15, 0.2) is 11.5 Å². The van der Waals surface area contributed by atoms with Crippen LogP contribution in [0.4, 0.5) is 4.79 Å². The first-order valence-corrected chi connectivity index (χ1v) is 12.5. The molecular weight excluding hydrogens is 482 g/mol. The Bertz CT molecular complexity index is 1220. The van der Waals surface area contributed by atoms with Crippen LogP contribution < -0.4 is 8.92 Å². The van der Waals surface area contributed by atoms with Crippen molar-refractivity contribution in [2.75, 3.05) is 13.2 Å². The zero-order valence-corrected chi connectivity index (χ0v) is 20.4. The molecule has 0 aromatic heterocycles. The van der Waals surface area contributed by atoms with Crippen molar-refractivity contribution in [3.05, 3.63) is 59.0 Å². The van der Waals surface area contributed by atoms with Gasteiger partial charge in [-0.1, -0.05) is 24.3 Å². The monoisotopic (exact) mass is 505 g/mol. The van der Waals surface area contributed by atoms with E-state index >= 15 is 0 Å². The molecule has 3 rings (SSSR count). The molecule has 0 saturated carbocycles. The van der Waals surface area contributed by atoms with Crippen molar-refractivity contribution in [1.82, 2.24) is 4.90 Å². The maximum Gasteiger partial charge on any atom is 0.339 e. The first-order valence-electron chi connectivity index (χ1n) is 10.3. The Hall–Kier alpha value is -3.31. The summed E-state index contributed by atoms with van der Waals surface area (Å²) in [5, 5.41) is -0.587. The van der Waals surface area contributed by atoms with Gasteiger partial charge < -0.3 is 13.7 Å². The molecule has 0 atom stereocenters. The van der Waals surface area contributed by atoms with Crippen LogP contribution in [0.25, 0.3) is 6.08 Å². The average Bonchev–Trinajstić information content (AvgIpc) is 3.03.